The van der Waals surface area contributed by atoms with Crippen molar-refractivity contribution in [2.24, 2.45) is 4.99 Å². The zero-order chi connectivity index (χ0) is 15.5. The summed E-state index contributed by atoms with van der Waals surface area (Å²) in [6.45, 7) is 6.68. The largest absolute Gasteiger partial charge is 0.383 e. The topological polar surface area (TPSA) is 48.9 Å². The summed E-state index contributed by atoms with van der Waals surface area (Å²) in [5.41, 5.74) is 0. The molecular formula is C15H29IN4OS. The second-order valence-corrected chi connectivity index (χ2v) is 6.39. The van der Waals surface area contributed by atoms with Gasteiger partial charge < -0.3 is 20.3 Å². The number of aliphatic imine (C=N–C) groups is 1. The van der Waals surface area contributed by atoms with Crippen molar-refractivity contribution < 1.29 is 4.74 Å². The van der Waals surface area contributed by atoms with Crippen LogP contribution >= 0.6 is 35.3 Å². The Labute approximate surface area is 155 Å². The molecule has 2 N–H and O–H groups in total. The Bertz CT molecular complexity index is 425. The van der Waals surface area contributed by atoms with Gasteiger partial charge in [0.2, 0.25) is 0 Å². The van der Waals surface area contributed by atoms with Gasteiger partial charge in [0.1, 0.15) is 0 Å². The molecule has 0 aliphatic heterocycles. The van der Waals surface area contributed by atoms with Gasteiger partial charge in [-0.15, -0.1) is 35.3 Å². The Hall–Kier alpha value is -0.380. The van der Waals surface area contributed by atoms with Gasteiger partial charge in [0.05, 0.1) is 13.2 Å². The molecule has 0 bridgehead atoms. The smallest absolute Gasteiger partial charge is 0.191 e. The fraction of sp³-hybridized carbons (Fsp3) is 0.667. The standard InChI is InChI=1S/C15H28N4OS.HI/c1-13-6-7-14(21-13)12-18-15(16-2)17-8-5-9-19(3)10-11-20-4;/h6-7H,5,8-12H2,1-4H3,(H2,16,17,18);1H. The lowest BCUT2D eigenvalue weighted by atomic mass is 10.4. The maximum atomic E-state index is 5.06. The summed E-state index contributed by atoms with van der Waals surface area (Å²) in [5, 5.41) is 6.68. The second-order valence-electron chi connectivity index (χ2n) is 5.01. The highest BCUT2D eigenvalue weighted by Crippen LogP contribution is 2.14. The minimum atomic E-state index is 0. The third kappa shape index (κ3) is 9.60. The normalized spacial score (nSPS) is 11.4. The summed E-state index contributed by atoms with van der Waals surface area (Å²) in [4.78, 5) is 9.19. The number of aryl methyl sites for hydroxylation is 1. The number of hydrogen-bond donors (Lipinski definition) is 2. The van der Waals surface area contributed by atoms with E-state index in [4.69, 9.17) is 4.74 Å². The molecule has 5 nitrogen and oxygen atoms in total. The molecular weight excluding hydrogens is 411 g/mol. The van der Waals surface area contributed by atoms with Crippen LogP contribution in [0.15, 0.2) is 17.1 Å². The van der Waals surface area contributed by atoms with Gasteiger partial charge >= 0.3 is 0 Å². The molecule has 0 saturated carbocycles. The molecule has 0 aliphatic carbocycles. The van der Waals surface area contributed by atoms with Crippen LogP contribution in [0.5, 0.6) is 0 Å². The van der Waals surface area contributed by atoms with Gasteiger partial charge in [-0.25, -0.2) is 0 Å². The Morgan fingerprint density at radius 2 is 2.09 bits per heavy atom. The number of ether oxygens (including phenoxy) is 1. The minimum absolute atomic E-state index is 0. The van der Waals surface area contributed by atoms with Crippen LogP contribution < -0.4 is 10.6 Å². The van der Waals surface area contributed by atoms with E-state index in [1.54, 1.807) is 14.2 Å². The summed E-state index contributed by atoms with van der Waals surface area (Å²) in [6.07, 6.45) is 1.08. The molecule has 1 rings (SSSR count). The zero-order valence-electron chi connectivity index (χ0n) is 14.0. The molecule has 22 heavy (non-hydrogen) atoms. The third-order valence-corrected chi connectivity index (χ3v) is 4.14. The molecule has 1 aromatic heterocycles. The number of guanidine groups is 1. The summed E-state index contributed by atoms with van der Waals surface area (Å²) in [5.74, 6) is 0.862. The van der Waals surface area contributed by atoms with E-state index in [1.165, 1.54) is 9.75 Å². The van der Waals surface area contributed by atoms with Crippen LogP contribution in [0.25, 0.3) is 0 Å². The first kappa shape index (κ1) is 21.6. The Morgan fingerprint density at radius 1 is 1.32 bits per heavy atom. The van der Waals surface area contributed by atoms with Crippen LogP contribution in [-0.2, 0) is 11.3 Å². The van der Waals surface area contributed by atoms with E-state index in [-0.39, 0.29) is 24.0 Å². The van der Waals surface area contributed by atoms with Gasteiger partial charge in [0, 0.05) is 37.0 Å². The SMILES string of the molecule is CN=C(NCCCN(C)CCOC)NCc1ccc(C)s1.I. The lowest BCUT2D eigenvalue weighted by Crippen LogP contribution is -2.38. The predicted molar refractivity (Wildman–Crippen MR) is 107 cm³/mol. The highest BCUT2D eigenvalue weighted by Gasteiger charge is 2.01. The minimum Gasteiger partial charge on any atom is -0.383 e. The van der Waals surface area contributed by atoms with Crippen LogP contribution in [0.4, 0.5) is 0 Å². The fourth-order valence-electron chi connectivity index (χ4n) is 1.89. The van der Waals surface area contributed by atoms with Crippen molar-refractivity contribution in [2.75, 3.05) is 47.4 Å². The average Bonchev–Trinajstić information content (AvgIpc) is 2.90. The molecule has 0 aromatic carbocycles. The van der Waals surface area contributed by atoms with Crippen molar-refractivity contribution in [3.63, 3.8) is 0 Å². The van der Waals surface area contributed by atoms with Crippen LogP contribution in [0.2, 0.25) is 0 Å². The summed E-state index contributed by atoms with van der Waals surface area (Å²) in [6, 6.07) is 4.30. The van der Waals surface area contributed by atoms with E-state index in [9.17, 15) is 0 Å². The summed E-state index contributed by atoms with van der Waals surface area (Å²) >= 11 is 1.82. The van der Waals surface area contributed by atoms with Gasteiger partial charge in [-0.1, -0.05) is 0 Å². The van der Waals surface area contributed by atoms with Crippen molar-refractivity contribution in [3.05, 3.63) is 21.9 Å². The van der Waals surface area contributed by atoms with Crippen LogP contribution in [0.3, 0.4) is 0 Å². The monoisotopic (exact) mass is 440 g/mol. The van der Waals surface area contributed by atoms with E-state index in [0.29, 0.717) is 0 Å². The molecule has 0 fully saturated rings. The highest BCUT2D eigenvalue weighted by atomic mass is 127. The maximum Gasteiger partial charge on any atom is 0.191 e. The van der Waals surface area contributed by atoms with E-state index in [1.807, 2.05) is 11.3 Å². The Balaban J connectivity index is 0.00000441. The first-order chi connectivity index (χ1) is 10.2. The predicted octanol–water partition coefficient (Wildman–Crippen LogP) is 2.31. The number of thiophene rings is 1. The first-order valence-electron chi connectivity index (χ1n) is 7.33. The molecule has 1 aromatic rings. The van der Waals surface area contributed by atoms with Crippen molar-refractivity contribution in [1.82, 2.24) is 15.5 Å². The molecule has 0 unspecified atom stereocenters. The average molecular weight is 440 g/mol. The summed E-state index contributed by atoms with van der Waals surface area (Å²) < 4.78 is 5.06. The highest BCUT2D eigenvalue weighted by molar-refractivity contribution is 14.0. The molecule has 7 heteroatoms. The summed E-state index contributed by atoms with van der Waals surface area (Å²) in [7, 11) is 5.66. The molecule has 0 aliphatic rings. The molecule has 0 amide bonds. The van der Waals surface area contributed by atoms with E-state index in [0.717, 1.165) is 45.2 Å². The van der Waals surface area contributed by atoms with Crippen LogP contribution in [0, 0.1) is 6.92 Å². The van der Waals surface area contributed by atoms with Crippen molar-refractivity contribution in [2.45, 2.75) is 19.9 Å². The number of rotatable bonds is 9. The quantitative estimate of drug-likeness (QED) is 0.268. The van der Waals surface area contributed by atoms with Gasteiger partial charge in [0.25, 0.3) is 0 Å². The Kier molecular flexibility index (Phi) is 12.9. The number of likely N-dealkylation sites (N-methyl/N-ethyl adjacent to an activating group) is 1. The van der Waals surface area contributed by atoms with Crippen molar-refractivity contribution >= 4 is 41.3 Å². The number of nitrogens with zero attached hydrogens (tertiary/aromatic N) is 2. The van der Waals surface area contributed by atoms with Crippen molar-refractivity contribution in [3.8, 4) is 0 Å². The maximum absolute atomic E-state index is 5.06. The van der Waals surface area contributed by atoms with Crippen LogP contribution in [0.1, 0.15) is 16.2 Å². The van der Waals surface area contributed by atoms with Gasteiger partial charge in [0.15, 0.2) is 5.96 Å². The van der Waals surface area contributed by atoms with Gasteiger partial charge in [-0.2, -0.15) is 0 Å². The van der Waals surface area contributed by atoms with E-state index >= 15 is 0 Å². The number of halogens is 1. The second kappa shape index (κ2) is 13.1. The zero-order valence-corrected chi connectivity index (χ0v) is 17.2. The van der Waals surface area contributed by atoms with Crippen LogP contribution in [-0.4, -0.2) is 58.3 Å². The number of hydrogen-bond acceptors (Lipinski definition) is 4. The molecule has 128 valence electrons. The lowest BCUT2D eigenvalue weighted by Gasteiger charge is -2.16. The number of methoxy groups -OCH3 is 1. The first-order valence-corrected chi connectivity index (χ1v) is 8.14. The van der Waals surface area contributed by atoms with Gasteiger partial charge in [-0.05, 0) is 39.1 Å². The lowest BCUT2D eigenvalue weighted by molar-refractivity contribution is 0.161. The van der Waals surface area contributed by atoms with E-state index in [2.05, 4.69) is 46.6 Å². The molecule has 0 radical (unpaired) electrons. The fourth-order valence-corrected chi connectivity index (χ4v) is 2.72. The third-order valence-electron chi connectivity index (χ3n) is 3.14. The van der Waals surface area contributed by atoms with Crippen molar-refractivity contribution in [1.29, 1.82) is 0 Å². The number of nitrogens with one attached hydrogen (secondary N) is 2. The molecule has 0 spiro atoms. The van der Waals surface area contributed by atoms with Gasteiger partial charge in [-0.3, -0.25) is 4.99 Å². The Morgan fingerprint density at radius 3 is 2.68 bits per heavy atom. The van der Waals surface area contributed by atoms with E-state index < -0.39 is 0 Å². The molecule has 0 saturated heterocycles. The molecule has 1 heterocycles. The molecule has 0 atom stereocenters.